The number of piperidine rings is 1. The molecule has 0 atom stereocenters. The highest BCUT2D eigenvalue weighted by Gasteiger charge is 2.18. The van der Waals surface area contributed by atoms with Crippen molar-refractivity contribution < 1.29 is 0 Å². The van der Waals surface area contributed by atoms with Crippen molar-refractivity contribution in [1.82, 2.24) is 20.5 Å². The highest BCUT2D eigenvalue weighted by atomic mass is 15.2. The maximum atomic E-state index is 4.37. The van der Waals surface area contributed by atoms with Crippen molar-refractivity contribution in [3.63, 3.8) is 0 Å². The first-order valence-electron chi connectivity index (χ1n) is 10.0. The Morgan fingerprint density at radius 3 is 2.81 bits per heavy atom. The first-order valence-corrected chi connectivity index (χ1v) is 10.0. The minimum absolute atomic E-state index is 0.760. The second-order valence-electron chi connectivity index (χ2n) is 7.27. The van der Waals surface area contributed by atoms with Crippen LogP contribution in [0.15, 0.2) is 35.5 Å². The van der Waals surface area contributed by atoms with Crippen LogP contribution >= 0.6 is 0 Å². The fraction of sp³-hybridized carbons (Fsp3) is 0.571. The number of fused-ring (bicyclic) bond motifs is 1. The Balaban J connectivity index is 1.39. The molecular weight excluding hydrogens is 322 g/mol. The second kappa shape index (κ2) is 9.62. The van der Waals surface area contributed by atoms with Crippen molar-refractivity contribution >= 4 is 16.9 Å². The van der Waals surface area contributed by atoms with E-state index in [2.05, 4.69) is 62.9 Å². The number of guanidine groups is 1. The highest BCUT2D eigenvalue weighted by molar-refractivity contribution is 5.83. The van der Waals surface area contributed by atoms with Gasteiger partial charge in [-0.25, -0.2) is 0 Å². The van der Waals surface area contributed by atoms with Crippen molar-refractivity contribution in [2.75, 3.05) is 39.8 Å². The van der Waals surface area contributed by atoms with E-state index in [0.29, 0.717) is 0 Å². The van der Waals surface area contributed by atoms with Crippen molar-refractivity contribution in [1.29, 1.82) is 0 Å². The Labute approximate surface area is 157 Å². The molecule has 3 N–H and O–H groups in total. The number of benzene rings is 1. The molecule has 1 saturated heterocycles. The van der Waals surface area contributed by atoms with Gasteiger partial charge in [0.05, 0.1) is 0 Å². The molecule has 5 nitrogen and oxygen atoms in total. The van der Waals surface area contributed by atoms with Gasteiger partial charge in [-0.3, -0.25) is 4.99 Å². The molecule has 2 heterocycles. The normalized spacial score (nSPS) is 16.9. The Morgan fingerprint density at radius 1 is 1.23 bits per heavy atom. The van der Waals surface area contributed by atoms with E-state index in [0.717, 1.165) is 31.4 Å². The number of para-hydroxylation sites is 1. The zero-order valence-electron chi connectivity index (χ0n) is 16.2. The summed E-state index contributed by atoms with van der Waals surface area (Å²) in [6.07, 6.45) is 6.95. The molecule has 1 aromatic heterocycles. The lowest BCUT2D eigenvalue weighted by molar-refractivity contribution is 0.185. The number of hydrogen-bond acceptors (Lipinski definition) is 2. The molecule has 0 saturated carbocycles. The van der Waals surface area contributed by atoms with Crippen LogP contribution < -0.4 is 10.6 Å². The van der Waals surface area contributed by atoms with E-state index in [9.17, 15) is 0 Å². The molecule has 1 aliphatic rings. The van der Waals surface area contributed by atoms with Gasteiger partial charge in [0.25, 0.3) is 0 Å². The minimum Gasteiger partial charge on any atom is -0.361 e. The Kier molecular flexibility index (Phi) is 6.95. The third-order valence-corrected chi connectivity index (χ3v) is 5.39. The van der Waals surface area contributed by atoms with Gasteiger partial charge < -0.3 is 20.5 Å². The van der Waals surface area contributed by atoms with Gasteiger partial charge in [-0.1, -0.05) is 25.1 Å². The second-order valence-corrected chi connectivity index (χ2v) is 7.27. The summed E-state index contributed by atoms with van der Waals surface area (Å²) in [4.78, 5) is 10.3. The Hall–Kier alpha value is -2.01. The molecule has 0 aliphatic carbocycles. The van der Waals surface area contributed by atoms with E-state index in [1.165, 1.54) is 55.4 Å². The Bertz CT molecular complexity index is 697. The van der Waals surface area contributed by atoms with Crippen molar-refractivity contribution in [2.45, 2.75) is 32.6 Å². The summed E-state index contributed by atoms with van der Waals surface area (Å²) in [6.45, 7) is 7.90. The van der Waals surface area contributed by atoms with Gasteiger partial charge in [0.15, 0.2) is 5.96 Å². The summed E-state index contributed by atoms with van der Waals surface area (Å²) in [5, 5.41) is 8.29. The number of aliphatic imine (C=N–C) groups is 1. The number of nitrogens with zero attached hydrogens (tertiary/aromatic N) is 2. The molecule has 0 amide bonds. The molecule has 5 heteroatoms. The lowest BCUT2D eigenvalue weighted by atomic mass is 9.97. The van der Waals surface area contributed by atoms with Crippen LogP contribution in [0.4, 0.5) is 0 Å². The Morgan fingerprint density at radius 2 is 2.04 bits per heavy atom. The SMILES string of the molecule is CCCN1CCC(CNC(=NC)NCCc2c[nH]c3ccccc23)CC1. The highest BCUT2D eigenvalue weighted by Crippen LogP contribution is 2.18. The number of hydrogen-bond donors (Lipinski definition) is 3. The maximum Gasteiger partial charge on any atom is 0.190 e. The molecule has 26 heavy (non-hydrogen) atoms. The standard InChI is InChI=1S/C21H33N5/c1-3-12-26-13-9-17(10-14-26)15-25-21(22-2)23-11-8-18-16-24-20-7-5-4-6-19(18)20/h4-7,16-17,24H,3,8-15H2,1-2H3,(H2,22,23,25). The lowest BCUT2D eigenvalue weighted by Crippen LogP contribution is -2.43. The molecule has 1 fully saturated rings. The van der Waals surface area contributed by atoms with E-state index in [-0.39, 0.29) is 0 Å². The molecule has 0 bridgehead atoms. The van der Waals surface area contributed by atoms with E-state index < -0.39 is 0 Å². The van der Waals surface area contributed by atoms with Crippen LogP contribution in [-0.4, -0.2) is 55.6 Å². The third kappa shape index (κ3) is 5.01. The summed E-state index contributed by atoms with van der Waals surface area (Å²) in [7, 11) is 1.85. The first kappa shape index (κ1) is 18.8. The fourth-order valence-corrected chi connectivity index (χ4v) is 3.85. The first-order chi connectivity index (χ1) is 12.8. The number of H-pyrrole nitrogens is 1. The molecule has 3 rings (SSSR count). The summed E-state index contributed by atoms with van der Waals surface area (Å²) in [5.41, 5.74) is 2.56. The van der Waals surface area contributed by atoms with Crippen molar-refractivity contribution in [3.8, 4) is 0 Å². The molecule has 0 unspecified atom stereocenters. The molecule has 0 spiro atoms. The quantitative estimate of drug-likeness (QED) is 0.529. The van der Waals surface area contributed by atoms with Crippen molar-refractivity contribution in [2.24, 2.45) is 10.9 Å². The number of nitrogens with one attached hydrogen (secondary N) is 3. The lowest BCUT2D eigenvalue weighted by Gasteiger charge is -2.32. The van der Waals surface area contributed by atoms with E-state index in [4.69, 9.17) is 0 Å². The zero-order chi connectivity index (χ0) is 18.2. The average molecular weight is 356 g/mol. The number of rotatable bonds is 7. The monoisotopic (exact) mass is 355 g/mol. The molecule has 2 aromatic rings. The van der Waals surface area contributed by atoms with Gasteiger partial charge in [-0.05, 0) is 62.9 Å². The van der Waals surface area contributed by atoms with Crippen LogP contribution in [0.25, 0.3) is 10.9 Å². The van der Waals surface area contributed by atoms with Gasteiger partial charge in [0, 0.05) is 37.2 Å². The van der Waals surface area contributed by atoms with Crippen LogP contribution in [0.1, 0.15) is 31.7 Å². The predicted molar refractivity (Wildman–Crippen MR) is 111 cm³/mol. The van der Waals surface area contributed by atoms with E-state index in [1.807, 2.05) is 7.05 Å². The van der Waals surface area contributed by atoms with E-state index >= 15 is 0 Å². The number of aromatic amines is 1. The van der Waals surface area contributed by atoms with Crippen molar-refractivity contribution in [3.05, 3.63) is 36.0 Å². The maximum absolute atomic E-state index is 4.37. The van der Waals surface area contributed by atoms with Crippen LogP contribution in [0.2, 0.25) is 0 Å². The molecule has 142 valence electrons. The van der Waals surface area contributed by atoms with Crippen LogP contribution in [0, 0.1) is 5.92 Å². The molecular formula is C21H33N5. The van der Waals surface area contributed by atoms with Gasteiger partial charge >= 0.3 is 0 Å². The number of likely N-dealkylation sites (tertiary alicyclic amines) is 1. The molecule has 0 radical (unpaired) electrons. The summed E-state index contributed by atoms with van der Waals surface area (Å²) < 4.78 is 0. The minimum atomic E-state index is 0.760. The summed E-state index contributed by atoms with van der Waals surface area (Å²) in [5.74, 6) is 1.68. The molecule has 1 aliphatic heterocycles. The molecule has 1 aromatic carbocycles. The van der Waals surface area contributed by atoms with Crippen LogP contribution in [-0.2, 0) is 6.42 Å². The van der Waals surface area contributed by atoms with Gasteiger partial charge in [-0.15, -0.1) is 0 Å². The summed E-state index contributed by atoms with van der Waals surface area (Å²) >= 11 is 0. The third-order valence-electron chi connectivity index (χ3n) is 5.39. The van der Waals surface area contributed by atoms with E-state index in [1.54, 1.807) is 0 Å². The average Bonchev–Trinajstić information content (AvgIpc) is 3.09. The van der Waals surface area contributed by atoms with Gasteiger partial charge in [-0.2, -0.15) is 0 Å². The van der Waals surface area contributed by atoms with Gasteiger partial charge in [0.1, 0.15) is 0 Å². The smallest absolute Gasteiger partial charge is 0.190 e. The summed E-state index contributed by atoms with van der Waals surface area (Å²) in [6, 6.07) is 8.47. The largest absolute Gasteiger partial charge is 0.361 e. The van der Waals surface area contributed by atoms with Crippen LogP contribution in [0.5, 0.6) is 0 Å². The number of aromatic nitrogens is 1. The van der Waals surface area contributed by atoms with Gasteiger partial charge in [0.2, 0.25) is 0 Å². The zero-order valence-corrected chi connectivity index (χ0v) is 16.2. The predicted octanol–water partition coefficient (Wildman–Crippen LogP) is 3.00. The van der Waals surface area contributed by atoms with Crippen LogP contribution in [0.3, 0.4) is 0 Å². The fourth-order valence-electron chi connectivity index (χ4n) is 3.85. The topological polar surface area (TPSA) is 55.4 Å².